The van der Waals surface area contributed by atoms with Gasteiger partial charge in [0, 0.05) is 22.7 Å². The van der Waals surface area contributed by atoms with Crippen LogP contribution in [0.15, 0.2) is 66.2 Å². The van der Waals surface area contributed by atoms with Crippen molar-refractivity contribution in [2.45, 2.75) is 19.2 Å². The van der Waals surface area contributed by atoms with Crippen LogP contribution in [0.1, 0.15) is 5.56 Å². The fourth-order valence-corrected chi connectivity index (χ4v) is 3.26. The van der Waals surface area contributed by atoms with Gasteiger partial charge >= 0.3 is 0 Å². The van der Waals surface area contributed by atoms with Gasteiger partial charge in [-0.2, -0.15) is 0 Å². The SMILES string of the molecule is O/N=C\c1cn(CC(O)Cn2cnc3ccccc32)c2ccccc12. The van der Waals surface area contributed by atoms with Gasteiger partial charge in [-0.05, 0) is 18.2 Å². The molecule has 6 heteroatoms. The maximum Gasteiger partial charge on any atom is 0.0959 e. The fraction of sp³-hybridized carbons (Fsp3) is 0.158. The molecule has 2 aromatic heterocycles. The van der Waals surface area contributed by atoms with Crippen LogP contribution in [0.2, 0.25) is 0 Å². The van der Waals surface area contributed by atoms with Crippen molar-refractivity contribution in [3.05, 3.63) is 66.6 Å². The first-order valence-electron chi connectivity index (χ1n) is 8.09. The second-order valence-electron chi connectivity index (χ2n) is 6.04. The Morgan fingerprint density at radius 2 is 1.72 bits per heavy atom. The molecule has 1 unspecified atom stereocenters. The number of oxime groups is 1. The maximum absolute atomic E-state index is 10.6. The van der Waals surface area contributed by atoms with E-state index in [4.69, 9.17) is 5.21 Å². The van der Waals surface area contributed by atoms with Crippen LogP contribution in [-0.2, 0) is 13.1 Å². The average Bonchev–Trinajstić information content (AvgIpc) is 3.18. The molecule has 4 rings (SSSR count). The molecule has 2 aromatic carbocycles. The van der Waals surface area contributed by atoms with E-state index >= 15 is 0 Å². The summed E-state index contributed by atoms with van der Waals surface area (Å²) in [6.45, 7) is 0.892. The van der Waals surface area contributed by atoms with E-state index in [1.807, 2.05) is 63.9 Å². The van der Waals surface area contributed by atoms with Crippen LogP contribution in [0.5, 0.6) is 0 Å². The highest BCUT2D eigenvalue weighted by molar-refractivity contribution is 5.99. The highest BCUT2D eigenvalue weighted by Gasteiger charge is 2.12. The summed E-state index contributed by atoms with van der Waals surface area (Å²) in [7, 11) is 0. The number of rotatable bonds is 5. The minimum Gasteiger partial charge on any atom is -0.411 e. The third-order valence-electron chi connectivity index (χ3n) is 4.36. The summed E-state index contributed by atoms with van der Waals surface area (Å²) in [4.78, 5) is 4.36. The number of hydrogen-bond acceptors (Lipinski definition) is 4. The monoisotopic (exact) mass is 334 g/mol. The molecule has 126 valence electrons. The Kier molecular flexibility index (Phi) is 3.95. The largest absolute Gasteiger partial charge is 0.411 e. The summed E-state index contributed by atoms with van der Waals surface area (Å²) in [5, 5.41) is 23.5. The molecule has 0 saturated heterocycles. The number of para-hydroxylation sites is 3. The Hall–Kier alpha value is -3.12. The zero-order valence-electron chi connectivity index (χ0n) is 13.5. The van der Waals surface area contributed by atoms with Gasteiger partial charge in [0.25, 0.3) is 0 Å². The van der Waals surface area contributed by atoms with E-state index in [-0.39, 0.29) is 0 Å². The zero-order valence-corrected chi connectivity index (χ0v) is 13.5. The van der Waals surface area contributed by atoms with Gasteiger partial charge in [-0.15, -0.1) is 0 Å². The normalized spacial score (nSPS) is 13.2. The molecule has 25 heavy (non-hydrogen) atoms. The lowest BCUT2D eigenvalue weighted by atomic mass is 10.2. The fourth-order valence-electron chi connectivity index (χ4n) is 3.26. The summed E-state index contributed by atoms with van der Waals surface area (Å²) in [5.41, 5.74) is 3.74. The number of aliphatic hydroxyl groups is 1. The highest BCUT2D eigenvalue weighted by Crippen LogP contribution is 2.21. The number of hydrogen-bond donors (Lipinski definition) is 2. The standard InChI is InChI=1S/C19H18N4O2/c24-15(12-23-13-20-17-6-2-4-8-19(17)23)11-22-10-14(9-21-25)16-5-1-3-7-18(16)22/h1-10,13,15,24-25H,11-12H2/b21-9-. The average molecular weight is 334 g/mol. The van der Waals surface area contributed by atoms with Crippen molar-refractivity contribution < 1.29 is 10.3 Å². The van der Waals surface area contributed by atoms with Crippen LogP contribution in [-0.4, -0.2) is 36.8 Å². The van der Waals surface area contributed by atoms with Gasteiger partial charge in [0.05, 0.1) is 42.8 Å². The lowest BCUT2D eigenvalue weighted by Gasteiger charge is -2.14. The van der Waals surface area contributed by atoms with Gasteiger partial charge in [-0.3, -0.25) is 0 Å². The smallest absolute Gasteiger partial charge is 0.0959 e. The molecule has 4 aromatic rings. The van der Waals surface area contributed by atoms with Gasteiger partial charge in [0.1, 0.15) is 0 Å². The van der Waals surface area contributed by atoms with Crippen molar-refractivity contribution in [1.29, 1.82) is 0 Å². The van der Waals surface area contributed by atoms with Crippen molar-refractivity contribution in [2.24, 2.45) is 5.16 Å². The molecule has 0 fully saturated rings. The molecule has 0 saturated carbocycles. The Morgan fingerprint density at radius 3 is 2.56 bits per heavy atom. The molecule has 0 spiro atoms. The van der Waals surface area contributed by atoms with Crippen molar-refractivity contribution >= 4 is 28.2 Å². The molecular formula is C19H18N4O2. The van der Waals surface area contributed by atoms with Crippen LogP contribution < -0.4 is 0 Å². The Balaban J connectivity index is 1.60. The second kappa shape index (κ2) is 6.41. The van der Waals surface area contributed by atoms with Crippen molar-refractivity contribution in [3.63, 3.8) is 0 Å². The molecule has 2 heterocycles. The van der Waals surface area contributed by atoms with Crippen LogP contribution in [0.25, 0.3) is 21.9 Å². The van der Waals surface area contributed by atoms with Crippen molar-refractivity contribution in [1.82, 2.24) is 14.1 Å². The number of nitrogens with zero attached hydrogens (tertiary/aromatic N) is 4. The van der Waals surface area contributed by atoms with Gasteiger partial charge < -0.3 is 19.4 Å². The van der Waals surface area contributed by atoms with Gasteiger partial charge in [0.2, 0.25) is 0 Å². The van der Waals surface area contributed by atoms with Crippen LogP contribution in [0.3, 0.4) is 0 Å². The number of aliphatic hydroxyl groups excluding tert-OH is 1. The van der Waals surface area contributed by atoms with Crippen LogP contribution in [0.4, 0.5) is 0 Å². The van der Waals surface area contributed by atoms with Crippen LogP contribution >= 0.6 is 0 Å². The van der Waals surface area contributed by atoms with E-state index in [1.165, 1.54) is 6.21 Å². The summed E-state index contributed by atoms with van der Waals surface area (Å²) in [5.74, 6) is 0. The van der Waals surface area contributed by atoms with Gasteiger partial charge in [-0.1, -0.05) is 35.5 Å². The zero-order chi connectivity index (χ0) is 17.2. The lowest BCUT2D eigenvalue weighted by molar-refractivity contribution is 0.137. The third kappa shape index (κ3) is 2.88. The molecule has 2 N–H and O–H groups in total. The van der Waals surface area contributed by atoms with Gasteiger partial charge in [0.15, 0.2) is 0 Å². The molecule has 6 nitrogen and oxygen atoms in total. The molecule has 0 aliphatic heterocycles. The molecule has 0 bridgehead atoms. The predicted molar refractivity (Wildman–Crippen MR) is 97.1 cm³/mol. The minimum atomic E-state index is -0.577. The first-order chi connectivity index (χ1) is 12.3. The van der Waals surface area contributed by atoms with E-state index in [0.29, 0.717) is 13.1 Å². The first-order valence-corrected chi connectivity index (χ1v) is 8.09. The summed E-state index contributed by atoms with van der Waals surface area (Å²) in [6, 6.07) is 15.7. The number of benzene rings is 2. The topological polar surface area (TPSA) is 75.6 Å². The Labute approximate surface area is 144 Å². The number of imidazole rings is 1. The maximum atomic E-state index is 10.6. The molecule has 0 aliphatic carbocycles. The Morgan fingerprint density at radius 1 is 1.00 bits per heavy atom. The number of aromatic nitrogens is 3. The van der Waals surface area contributed by atoms with E-state index in [9.17, 15) is 5.11 Å². The molecular weight excluding hydrogens is 316 g/mol. The molecule has 1 atom stereocenters. The summed E-state index contributed by atoms with van der Waals surface area (Å²) in [6.07, 6.45) is 4.48. The van der Waals surface area contributed by atoms with Gasteiger partial charge in [-0.25, -0.2) is 4.98 Å². The summed E-state index contributed by atoms with van der Waals surface area (Å²) < 4.78 is 3.94. The second-order valence-corrected chi connectivity index (χ2v) is 6.04. The van der Waals surface area contributed by atoms with E-state index < -0.39 is 6.10 Å². The third-order valence-corrected chi connectivity index (χ3v) is 4.36. The lowest BCUT2D eigenvalue weighted by Crippen LogP contribution is -2.21. The summed E-state index contributed by atoms with van der Waals surface area (Å²) >= 11 is 0. The van der Waals surface area contributed by atoms with Crippen molar-refractivity contribution in [3.8, 4) is 0 Å². The number of fused-ring (bicyclic) bond motifs is 2. The molecule has 0 radical (unpaired) electrons. The quantitative estimate of drug-likeness (QED) is 0.335. The highest BCUT2D eigenvalue weighted by atomic mass is 16.4. The first kappa shape index (κ1) is 15.4. The Bertz CT molecular complexity index is 1050. The van der Waals surface area contributed by atoms with E-state index in [2.05, 4.69) is 10.1 Å². The molecule has 0 amide bonds. The van der Waals surface area contributed by atoms with E-state index in [0.717, 1.165) is 27.5 Å². The van der Waals surface area contributed by atoms with Crippen LogP contribution in [0, 0.1) is 0 Å². The minimum absolute atomic E-state index is 0.437. The van der Waals surface area contributed by atoms with E-state index in [1.54, 1.807) is 6.33 Å². The predicted octanol–water partition coefficient (Wildman–Crippen LogP) is 2.86. The molecule has 0 aliphatic rings. The van der Waals surface area contributed by atoms with Crippen molar-refractivity contribution in [2.75, 3.05) is 0 Å².